The number of amides is 1. The van der Waals surface area contributed by atoms with Crippen LogP contribution in [0.2, 0.25) is 0 Å². The van der Waals surface area contributed by atoms with Crippen LogP contribution in [0.3, 0.4) is 0 Å². The molecule has 1 N–H and O–H groups in total. The van der Waals surface area contributed by atoms with Crippen molar-refractivity contribution in [1.82, 2.24) is 15.2 Å². The second-order valence-corrected chi connectivity index (χ2v) is 12.5. The third-order valence-corrected chi connectivity index (χ3v) is 7.55. The molecule has 2 aromatic heterocycles. The van der Waals surface area contributed by atoms with Crippen molar-refractivity contribution in [3.63, 3.8) is 0 Å². The number of alkyl halides is 6. The number of carbonyl (C=O) groups excluding carboxylic acids is 1. The number of pyridine rings is 1. The Morgan fingerprint density at radius 2 is 1.78 bits per heavy atom. The highest BCUT2D eigenvalue weighted by atomic mass is 32.2. The number of aromatic nitrogens is 3. The number of allylic oxidation sites excluding steroid dienone is 1. The first-order valence-electron chi connectivity index (χ1n) is 13.9. The minimum Gasteiger partial charge on any atom is -0.444 e. The normalized spacial score (nSPS) is 14.5. The van der Waals surface area contributed by atoms with Crippen molar-refractivity contribution in [2.45, 2.75) is 94.3 Å². The highest BCUT2D eigenvalue weighted by molar-refractivity contribution is 7.99. The fraction of sp³-hybridized carbons (Fsp3) is 0.467. The molecule has 1 unspecified atom stereocenters. The maximum atomic E-state index is 14.8. The molecule has 0 aliphatic carbocycles. The summed E-state index contributed by atoms with van der Waals surface area (Å²) in [6, 6.07) is 8.72. The van der Waals surface area contributed by atoms with E-state index in [9.17, 15) is 31.1 Å². The standard InChI is InChI=1S/C30H34F6N4O4S/c1-7-9-15-28(30(34,35)36,42-17-19-13-11-10-12-14-19)25-40-39-23(43-25)22-21(37-26(41)44-27(4,5)6)16-20(29(31,32)33)24(38-22)45-18(3)8-2/h7,10-14,16,18H,1,8-9,15,17H2,2-6H3,(H,37,41)/t18?,28-/m1/s1. The summed E-state index contributed by atoms with van der Waals surface area (Å²) < 4.78 is 103. The number of thioether (sulfide) groups is 1. The SMILES string of the molecule is C=CCC[C@@](OCc1ccccc1)(c1nnc(-c2nc(SC(C)CC)c(C(F)(F)F)cc2NC(=O)OC(C)(C)C)o1)C(F)(F)F. The maximum Gasteiger partial charge on any atom is 0.426 e. The number of hydrogen-bond acceptors (Lipinski definition) is 8. The molecule has 1 amide bonds. The molecule has 0 aliphatic rings. The van der Waals surface area contributed by atoms with Crippen LogP contribution in [0.1, 0.15) is 70.9 Å². The summed E-state index contributed by atoms with van der Waals surface area (Å²) in [6.45, 7) is 11.1. The van der Waals surface area contributed by atoms with E-state index in [2.05, 4.69) is 27.1 Å². The molecule has 2 heterocycles. The molecule has 8 nitrogen and oxygen atoms in total. The molecule has 0 radical (unpaired) electrons. The maximum absolute atomic E-state index is 14.8. The second kappa shape index (κ2) is 14.2. The molecule has 0 aliphatic heterocycles. The number of benzene rings is 1. The van der Waals surface area contributed by atoms with Crippen LogP contribution in [0.25, 0.3) is 11.6 Å². The molecular formula is C30H34F6N4O4S. The van der Waals surface area contributed by atoms with Crippen LogP contribution in [0, 0.1) is 0 Å². The van der Waals surface area contributed by atoms with Crippen molar-refractivity contribution in [2.24, 2.45) is 0 Å². The van der Waals surface area contributed by atoms with Gasteiger partial charge in [-0.1, -0.05) is 50.3 Å². The molecule has 0 saturated heterocycles. The van der Waals surface area contributed by atoms with Gasteiger partial charge in [0.25, 0.3) is 11.8 Å². The van der Waals surface area contributed by atoms with Crippen LogP contribution < -0.4 is 5.32 Å². The van der Waals surface area contributed by atoms with Gasteiger partial charge in [0.2, 0.25) is 5.60 Å². The highest BCUT2D eigenvalue weighted by Gasteiger charge is 2.61. The summed E-state index contributed by atoms with van der Waals surface area (Å²) in [5.41, 5.74) is -5.92. The third-order valence-electron chi connectivity index (χ3n) is 6.28. The van der Waals surface area contributed by atoms with E-state index >= 15 is 0 Å². The lowest BCUT2D eigenvalue weighted by atomic mass is 9.96. The molecule has 3 aromatic rings. The number of nitrogens with zero attached hydrogens (tertiary/aromatic N) is 3. The van der Waals surface area contributed by atoms with Crippen molar-refractivity contribution >= 4 is 23.5 Å². The van der Waals surface area contributed by atoms with E-state index < -0.39 is 76.4 Å². The van der Waals surface area contributed by atoms with Gasteiger partial charge in [0.05, 0.1) is 17.9 Å². The van der Waals surface area contributed by atoms with Gasteiger partial charge < -0.3 is 13.9 Å². The predicted octanol–water partition coefficient (Wildman–Crippen LogP) is 9.33. The van der Waals surface area contributed by atoms with Gasteiger partial charge in [0, 0.05) is 5.25 Å². The highest BCUT2D eigenvalue weighted by Crippen LogP contribution is 2.47. The summed E-state index contributed by atoms with van der Waals surface area (Å²) in [5.74, 6) is -1.67. The molecule has 15 heteroatoms. The van der Waals surface area contributed by atoms with Crippen LogP contribution in [0.15, 0.2) is 58.5 Å². The van der Waals surface area contributed by atoms with Gasteiger partial charge in [-0.3, -0.25) is 5.32 Å². The molecular weight excluding hydrogens is 626 g/mol. The van der Waals surface area contributed by atoms with Crippen LogP contribution in [-0.2, 0) is 27.9 Å². The zero-order valence-electron chi connectivity index (χ0n) is 25.3. The molecule has 246 valence electrons. The summed E-state index contributed by atoms with van der Waals surface area (Å²) in [4.78, 5) is 16.7. The smallest absolute Gasteiger partial charge is 0.426 e. The lowest BCUT2D eigenvalue weighted by Gasteiger charge is -2.32. The Hall–Kier alpha value is -3.59. The average molecular weight is 661 g/mol. The Morgan fingerprint density at radius 3 is 2.33 bits per heavy atom. The number of rotatable bonds is 12. The van der Waals surface area contributed by atoms with Gasteiger partial charge in [-0.05, 0) is 51.7 Å². The van der Waals surface area contributed by atoms with Crippen molar-refractivity contribution in [3.8, 4) is 11.6 Å². The molecule has 0 bridgehead atoms. The summed E-state index contributed by atoms with van der Waals surface area (Å²) >= 11 is 0.796. The topological polar surface area (TPSA) is 99.4 Å². The first-order chi connectivity index (χ1) is 20.9. The van der Waals surface area contributed by atoms with E-state index in [-0.39, 0.29) is 11.7 Å². The van der Waals surface area contributed by atoms with Crippen LogP contribution in [0.4, 0.5) is 36.8 Å². The first-order valence-corrected chi connectivity index (χ1v) is 14.8. The monoisotopic (exact) mass is 660 g/mol. The summed E-state index contributed by atoms with van der Waals surface area (Å²) in [7, 11) is 0. The Kier molecular flexibility index (Phi) is 11.3. The third kappa shape index (κ3) is 9.22. The molecule has 0 saturated carbocycles. The lowest BCUT2D eigenvalue weighted by Crippen LogP contribution is -2.45. The number of nitrogens with one attached hydrogen (secondary N) is 1. The Bertz CT molecular complexity index is 1460. The van der Waals surface area contributed by atoms with Gasteiger partial charge in [0.15, 0.2) is 5.69 Å². The van der Waals surface area contributed by atoms with Crippen LogP contribution in [-0.4, -0.2) is 38.3 Å². The number of carbonyl (C=O) groups is 1. The largest absolute Gasteiger partial charge is 0.444 e. The minimum atomic E-state index is -5.07. The zero-order valence-corrected chi connectivity index (χ0v) is 26.1. The fourth-order valence-corrected chi connectivity index (χ4v) is 4.88. The van der Waals surface area contributed by atoms with Gasteiger partial charge in [-0.2, -0.15) is 26.3 Å². The zero-order chi connectivity index (χ0) is 33.6. The lowest BCUT2D eigenvalue weighted by molar-refractivity contribution is -0.299. The summed E-state index contributed by atoms with van der Waals surface area (Å²) in [5, 5.41) is 8.77. The van der Waals surface area contributed by atoms with Crippen molar-refractivity contribution in [3.05, 3.63) is 66.1 Å². The Balaban J connectivity index is 2.22. The second-order valence-electron chi connectivity index (χ2n) is 11.0. The van der Waals surface area contributed by atoms with Gasteiger partial charge in [-0.25, -0.2) is 9.78 Å². The van der Waals surface area contributed by atoms with E-state index in [0.717, 1.165) is 11.8 Å². The van der Waals surface area contributed by atoms with Gasteiger partial charge in [-0.15, -0.1) is 28.5 Å². The fourth-order valence-electron chi connectivity index (χ4n) is 3.89. The Morgan fingerprint density at radius 1 is 1.11 bits per heavy atom. The molecule has 3 rings (SSSR count). The molecule has 1 aromatic carbocycles. The van der Waals surface area contributed by atoms with Crippen molar-refractivity contribution < 1.29 is 45.0 Å². The minimum absolute atomic E-state index is 0.161. The molecule has 0 spiro atoms. The van der Waals surface area contributed by atoms with E-state index in [1.165, 1.54) is 6.08 Å². The van der Waals surface area contributed by atoms with Gasteiger partial charge in [0.1, 0.15) is 10.6 Å². The van der Waals surface area contributed by atoms with E-state index in [0.29, 0.717) is 18.1 Å². The predicted molar refractivity (Wildman–Crippen MR) is 156 cm³/mol. The number of ether oxygens (including phenoxy) is 2. The number of halogens is 6. The quantitative estimate of drug-likeness (QED) is 0.117. The van der Waals surface area contributed by atoms with Crippen molar-refractivity contribution in [1.29, 1.82) is 0 Å². The van der Waals surface area contributed by atoms with Gasteiger partial charge >= 0.3 is 18.4 Å². The number of anilines is 1. The first kappa shape index (κ1) is 35.9. The van der Waals surface area contributed by atoms with E-state index in [1.807, 2.05) is 0 Å². The molecule has 45 heavy (non-hydrogen) atoms. The van der Waals surface area contributed by atoms with Crippen molar-refractivity contribution in [2.75, 3.05) is 5.32 Å². The molecule has 2 atom stereocenters. The van der Waals surface area contributed by atoms with E-state index in [1.54, 1.807) is 65.0 Å². The molecule has 0 fully saturated rings. The van der Waals surface area contributed by atoms with Crippen LogP contribution >= 0.6 is 11.8 Å². The summed E-state index contributed by atoms with van der Waals surface area (Å²) in [6.07, 6.45) is -10.2. The average Bonchev–Trinajstić information content (AvgIpc) is 3.42. The van der Waals surface area contributed by atoms with E-state index in [4.69, 9.17) is 13.9 Å². The van der Waals surface area contributed by atoms with Crippen LogP contribution in [0.5, 0.6) is 0 Å². The Labute approximate surface area is 261 Å². The number of hydrogen-bond donors (Lipinski definition) is 1.